The fourth-order valence-corrected chi connectivity index (χ4v) is 4.85. The molecule has 0 aliphatic rings. The average Bonchev–Trinajstić information content (AvgIpc) is 3.20. The molecule has 0 unspecified atom stereocenters. The van der Waals surface area contributed by atoms with Gasteiger partial charge in [-0.15, -0.1) is 10.2 Å². The number of rotatable bonds is 3. The van der Waals surface area contributed by atoms with E-state index in [2.05, 4.69) is 55.1 Å². The van der Waals surface area contributed by atoms with Gasteiger partial charge in [-0.3, -0.25) is 34.9 Å². The van der Waals surface area contributed by atoms with Crippen LogP contribution in [0.15, 0.2) is 153 Å². The Morgan fingerprint density at radius 3 is 1.20 bits per heavy atom. The summed E-state index contributed by atoms with van der Waals surface area (Å²) in [6.45, 7) is 0. The van der Waals surface area contributed by atoms with Gasteiger partial charge in [0.25, 0.3) is 0 Å². The quantitative estimate of drug-likeness (QED) is 0.139. The van der Waals surface area contributed by atoms with Crippen LogP contribution in [0.25, 0.3) is 67.1 Å². The Hall–Kier alpha value is -6.39. The first-order chi connectivity index (χ1) is 23.8. The number of pyridine rings is 6. The summed E-state index contributed by atoms with van der Waals surface area (Å²) in [5.41, 5.74) is 7.26. The molecule has 11 nitrogen and oxygen atoms in total. The van der Waals surface area contributed by atoms with E-state index in [1.807, 2.05) is 97.1 Å². The third-order valence-corrected chi connectivity index (χ3v) is 7.01. The van der Waals surface area contributed by atoms with Gasteiger partial charge in [0, 0.05) is 60.3 Å². The Balaban J connectivity index is 0.000000141. The number of hydrogen-bond acceptors (Lipinski definition) is 11. The van der Waals surface area contributed by atoms with Crippen LogP contribution in [0, 0.1) is 0 Å². The van der Waals surface area contributed by atoms with Crippen molar-refractivity contribution in [2.24, 2.45) is 0 Å². The summed E-state index contributed by atoms with van der Waals surface area (Å²) in [6.07, 6.45) is 15.4. The zero-order chi connectivity index (χ0) is 32.4. The Morgan fingerprint density at radius 1 is 0.327 bits per heavy atom. The van der Waals surface area contributed by atoms with Crippen molar-refractivity contribution in [3.63, 3.8) is 0 Å². The first-order valence-electron chi connectivity index (χ1n) is 14.9. The summed E-state index contributed by atoms with van der Waals surface area (Å²) in [5.74, 6) is 0.434. The molecule has 1 aromatic carbocycles. The van der Waals surface area contributed by atoms with E-state index in [4.69, 9.17) is 0 Å². The summed E-state index contributed by atoms with van der Waals surface area (Å²) >= 11 is 0. The van der Waals surface area contributed by atoms with E-state index in [0.717, 1.165) is 50.1 Å². The van der Waals surface area contributed by atoms with Crippen LogP contribution >= 0.6 is 0 Å². The van der Waals surface area contributed by atoms with E-state index in [-0.39, 0.29) is 19.5 Å². The first-order valence-corrected chi connectivity index (χ1v) is 14.9. The van der Waals surface area contributed by atoms with E-state index in [9.17, 15) is 0 Å². The van der Waals surface area contributed by atoms with Crippen LogP contribution in [0.5, 0.6) is 0 Å². The minimum absolute atomic E-state index is 0. The predicted molar refractivity (Wildman–Crippen MR) is 184 cm³/mol. The van der Waals surface area contributed by atoms with Gasteiger partial charge in [-0.2, -0.15) is 0 Å². The standard InChI is InChI=1S/C17H9N7.2C10H8N2.Ru/c1-3-10-13(20-5-1)14-11(4-2-6-21-14)16-15(10)22-17(24-23-16)12-9-18-7-8-19-12;2*1-3-7-11-9(5-1)10-6-2-4-8-12-10;/h1-9H;2*1-8H;/q;;;+2. The number of benzene rings is 1. The van der Waals surface area contributed by atoms with Crippen molar-refractivity contribution in [2.45, 2.75) is 0 Å². The van der Waals surface area contributed by atoms with Crippen molar-refractivity contribution in [1.82, 2.24) is 55.1 Å². The molecule has 0 saturated heterocycles. The molecular weight excluding hydrogens is 700 g/mol. The van der Waals surface area contributed by atoms with Crippen molar-refractivity contribution in [3.8, 4) is 34.3 Å². The van der Waals surface area contributed by atoms with Gasteiger partial charge in [-0.25, -0.2) is 9.97 Å². The van der Waals surface area contributed by atoms with E-state index in [1.165, 1.54) is 0 Å². The van der Waals surface area contributed by atoms with E-state index in [0.29, 0.717) is 17.0 Å². The van der Waals surface area contributed by atoms with Crippen molar-refractivity contribution in [1.29, 1.82) is 0 Å². The van der Waals surface area contributed by atoms with Gasteiger partial charge in [0.05, 0.1) is 40.0 Å². The molecule has 0 aliphatic carbocycles. The number of aromatic nitrogens is 11. The molecule has 0 fully saturated rings. The minimum Gasteiger partial charge on any atom is -0.261 e. The van der Waals surface area contributed by atoms with Crippen LogP contribution < -0.4 is 0 Å². The molecule has 49 heavy (non-hydrogen) atoms. The van der Waals surface area contributed by atoms with Gasteiger partial charge in [-0.1, -0.05) is 24.3 Å². The zero-order valence-corrected chi connectivity index (χ0v) is 27.4. The SMILES string of the molecule is [Ru+2].c1ccc(-c2ccccn2)nc1.c1ccc(-c2ccccn2)nc1.c1cnc2c(c1)c1nnc(-c3cnccn3)nc1c1cccnc12. The zero-order valence-electron chi connectivity index (χ0n) is 25.7. The molecule has 0 bridgehead atoms. The van der Waals surface area contributed by atoms with Gasteiger partial charge >= 0.3 is 19.5 Å². The fourth-order valence-electron chi connectivity index (χ4n) is 4.85. The molecule has 0 amide bonds. The summed E-state index contributed by atoms with van der Waals surface area (Å²) in [6, 6.07) is 30.9. The molecule has 0 aliphatic heterocycles. The number of nitrogens with zero attached hydrogens (tertiary/aromatic N) is 11. The fraction of sp³-hybridized carbons (Fsp3) is 0. The van der Waals surface area contributed by atoms with Crippen LogP contribution in [-0.2, 0) is 19.5 Å². The Kier molecular flexibility index (Phi) is 10.6. The van der Waals surface area contributed by atoms with Crippen molar-refractivity contribution in [3.05, 3.63) is 153 Å². The average molecular weight is 725 g/mol. The van der Waals surface area contributed by atoms with Crippen LogP contribution in [0.4, 0.5) is 0 Å². The molecule has 0 radical (unpaired) electrons. The minimum atomic E-state index is 0. The second kappa shape index (κ2) is 15.9. The Morgan fingerprint density at radius 2 is 0.776 bits per heavy atom. The second-order valence-corrected chi connectivity index (χ2v) is 10.1. The van der Waals surface area contributed by atoms with Gasteiger partial charge in [0.1, 0.15) is 16.7 Å². The molecule has 234 valence electrons. The van der Waals surface area contributed by atoms with E-state index < -0.39 is 0 Å². The normalized spacial score (nSPS) is 10.3. The molecule has 8 heterocycles. The van der Waals surface area contributed by atoms with Gasteiger partial charge in [0.15, 0.2) is 0 Å². The molecule has 0 spiro atoms. The van der Waals surface area contributed by atoms with Crippen LogP contribution in [0.1, 0.15) is 0 Å². The van der Waals surface area contributed by atoms with Crippen molar-refractivity contribution < 1.29 is 19.5 Å². The van der Waals surface area contributed by atoms with E-state index in [1.54, 1.807) is 55.8 Å². The summed E-state index contributed by atoms with van der Waals surface area (Å²) < 4.78 is 0. The number of hydrogen-bond donors (Lipinski definition) is 0. The molecule has 0 N–H and O–H groups in total. The van der Waals surface area contributed by atoms with Crippen molar-refractivity contribution in [2.75, 3.05) is 0 Å². The number of fused-ring (bicyclic) bond motifs is 6. The molecular formula is C37H25N11Ru+2. The molecule has 0 saturated carbocycles. The first kappa shape index (κ1) is 32.6. The predicted octanol–water partition coefficient (Wildman–Crippen LogP) is 6.86. The Labute approximate surface area is 293 Å². The third kappa shape index (κ3) is 7.61. The summed E-state index contributed by atoms with van der Waals surface area (Å²) in [5, 5.41) is 10.4. The smallest absolute Gasteiger partial charge is 0.261 e. The molecule has 12 heteroatoms. The van der Waals surface area contributed by atoms with Crippen LogP contribution in [-0.4, -0.2) is 55.1 Å². The summed E-state index contributed by atoms with van der Waals surface area (Å²) in [4.78, 5) is 38.7. The Bertz CT molecular complexity index is 2200. The molecule has 9 aromatic rings. The monoisotopic (exact) mass is 725 g/mol. The maximum absolute atomic E-state index is 4.68. The van der Waals surface area contributed by atoms with Gasteiger partial charge in [0.2, 0.25) is 5.82 Å². The maximum atomic E-state index is 4.68. The van der Waals surface area contributed by atoms with Crippen molar-refractivity contribution >= 4 is 32.8 Å². The topological polar surface area (TPSA) is 142 Å². The van der Waals surface area contributed by atoms with Crippen LogP contribution in [0.3, 0.4) is 0 Å². The van der Waals surface area contributed by atoms with E-state index >= 15 is 0 Å². The second-order valence-electron chi connectivity index (χ2n) is 10.1. The summed E-state index contributed by atoms with van der Waals surface area (Å²) in [7, 11) is 0. The molecule has 0 atom stereocenters. The third-order valence-electron chi connectivity index (χ3n) is 7.01. The van der Waals surface area contributed by atoms with Gasteiger partial charge < -0.3 is 0 Å². The maximum Gasteiger partial charge on any atom is 2.00 e. The molecule has 9 rings (SSSR count). The largest absolute Gasteiger partial charge is 2.00 e. The van der Waals surface area contributed by atoms with Crippen LogP contribution in [0.2, 0.25) is 0 Å². The van der Waals surface area contributed by atoms with Gasteiger partial charge in [-0.05, 0) is 72.8 Å². The molecule has 8 aromatic heterocycles.